The Morgan fingerprint density at radius 1 is 0.886 bits per heavy atom. The molecule has 0 fully saturated rings. The number of halogens is 2. The molecule has 1 N–H and O–H groups in total. The molecule has 6 heteroatoms. The largest absolute Gasteiger partial charge is 0.326 e. The van der Waals surface area contributed by atoms with Gasteiger partial charge >= 0.3 is 6.03 Å². The fourth-order valence-electron chi connectivity index (χ4n) is 4.20. The van der Waals surface area contributed by atoms with Gasteiger partial charge in [-0.2, -0.15) is 0 Å². The van der Waals surface area contributed by atoms with Crippen molar-refractivity contribution < 1.29 is 4.79 Å². The van der Waals surface area contributed by atoms with Gasteiger partial charge < -0.3 is 5.32 Å². The molecule has 3 aromatic carbocycles. The van der Waals surface area contributed by atoms with Crippen molar-refractivity contribution in [1.29, 1.82) is 0 Å². The second-order valence-corrected chi connectivity index (χ2v) is 9.42. The van der Waals surface area contributed by atoms with E-state index in [9.17, 15) is 4.79 Å². The van der Waals surface area contributed by atoms with Crippen LogP contribution in [0.1, 0.15) is 39.0 Å². The van der Waals surface area contributed by atoms with Gasteiger partial charge in [0.05, 0.1) is 17.4 Å². The van der Waals surface area contributed by atoms with E-state index in [1.807, 2.05) is 36.4 Å². The molecule has 0 saturated carbocycles. The van der Waals surface area contributed by atoms with Gasteiger partial charge in [0.15, 0.2) is 0 Å². The van der Waals surface area contributed by atoms with Gasteiger partial charge in [-0.05, 0) is 54.4 Å². The van der Waals surface area contributed by atoms with Crippen LogP contribution in [0.25, 0.3) is 22.0 Å². The molecule has 2 amide bonds. The summed E-state index contributed by atoms with van der Waals surface area (Å²) in [5.41, 5.74) is 4.23. The first-order valence-electron chi connectivity index (χ1n) is 12.0. The lowest BCUT2D eigenvalue weighted by molar-refractivity contribution is 0.256. The zero-order valence-electron chi connectivity index (χ0n) is 19.8. The van der Waals surface area contributed by atoms with Gasteiger partial charge in [0.2, 0.25) is 0 Å². The molecule has 0 spiro atoms. The van der Waals surface area contributed by atoms with Crippen LogP contribution in [0.5, 0.6) is 0 Å². The summed E-state index contributed by atoms with van der Waals surface area (Å²) < 4.78 is 0. The molecule has 180 valence electrons. The standard InChI is InChI=1S/C29H29Cl2N3O/c1-2-3-4-5-9-18-34(29(35)33-24-15-12-22(30)13-16-24)27-20-32-26-17-14-23(31)19-25(26)28(27)21-10-7-6-8-11-21/h6-8,10-17,19-20H,2-5,9,18H2,1H3,(H,33,35). The SMILES string of the molecule is CCCCCCCN(C(=O)Nc1ccc(Cl)cc1)c1cnc2ccc(Cl)cc2c1-c1ccccc1. The number of pyridine rings is 1. The zero-order valence-corrected chi connectivity index (χ0v) is 21.3. The number of nitrogens with zero attached hydrogens (tertiary/aromatic N) is 2. The molecule has 4 nitrogen and oxygen atoms in total. The molecule has 0 radical (unpaired) electrons. The quantitative estimate of drug-likeness (QED) is 0.230. The zero-order chi connectivity index (χ0) is 24.6. The predicted molar refractivity (Wildman–Crippen MR) is 149 cm³/mol. The maximum atomic E-state index is 13.6. The van der Waals surface area contributed by atoms with Gasteiger partial charge in [0.1, 0.15) is 0 Å². The Bertz CT molecular complexity index is 1280. The third kappa shape index (κ3) is 6.33. The number of unbranched alkanes of at least 4 members (excludes halogenated alkanes) is 4. The first-order valence-corrected chi connectivity index (χ1v) is 12.8. The summed E-state index contributed by atoms with van der Waals surface area (Å²) in [5.74, 6) is 0. The van der Waals surface area contributed by atoms with Crippen LogP contribution in [-0.2, 0) is 0 Å². The third-order valence-electron chi connectivity index (χ3n) is 5.99. The van der Waals surface area contributed by atoms with Crippen molar-refractivity contribution in [3.05, 3.63) is 89.0 Å². The molecule has 1 heterocycles. The van der Waals surface area contributed by atoms with Crippen molar-refractivity contribution in [3.63, 3.8) is 0 Å². The summed E-state index contributed by atoms with van der Waals surface area (Å²) in [7, 11) is 0. The van der Waals surface area contributed by atoms with E-state index in [0.29, 0.717) is 22.3 Å². The molecule has 4 rings (SSSR count). The maximum Gasteiger partial charge on any atom is 0.326 e. The fourth-order valence-corrected chi connectivity index (χ4v) is 4.49. The van der Waals surface area contributed by atoms with Crippen molar-refractivity contribution in [2.45, 2.75) is 39.0 Å². The topological polar surface area (TPSA) is 45.2 Å². The van der Waals surface area contributed by atoms with Crippen LogP contribution < -0.4 is 10.2 Å². The van der Waals surface area contributed by atoms with Gasteiger partial charge in [0.25, 0.3) is 0 Å². The fraction of sp³-hybridized carbons (Fsp3) is 0.241. The van der Waals surface area contributed by atoms with E-state index in [2.05, 4.69) is 24.4 Å². The van der Waals surface area contributed by atoms with Crippen molar-refractivity contribution in [1.82, 2.24) is 4.98 Å². The van der Waals surface area contributed by atoms with E-state index in [1.54, 1.807) is 35.4 Å². The van der Waals surface area contributed by atoms with Crippen molar-refractivity contribution in [2.24, 2.45) is 0 Å². The third-order valence-corrected chi connectivity index (χ3v) is 6.48. The minimum Gasteiger partial charge on any atom is -0.308 e. The number of benzene rings is 3. The van der Waals surface area contributed by atoms with E-state index in [4.69, 9.17) is 28.2 Å². The highest BCUT2D eigenvalue weighted by atomic mass is 35.5. The highest BCUT2D eigenvalue weighted by Crippen LogP contribution is 2.38. The Hall–Kier alpha value is -3.08. The minimum absolute atomic E-state index is 0.205. The van der Waals surface area contributed by atoms with E-state index < -0.39 is 0 Å². The molecule has 0 aliphatic rings. The van der Waals surface area contributed by atoms with Gasteiger partial charge in [-0.25, -0.2) is 4.79 Å². The molecular weight excluding hydrogens is 477 g/mol. The van der Waals surface area contributed by atoms with Gasteiger partial charge in [-0.15, -0.1) is 0 Å². The summed E-state index contributed by atoms with van der Waals surface area (Å²) >= 11 is 12.4. The van der Waals surface area contributed by atoms with E-state index in [-0.39, 0.29) is 6.03 Å². The summed E-state index contributed by atoms with van der Waals surface area (Å²) in [4.78, 5) is 20.1. The Morgan fingerprint density at radius 2 is 1.60 bits per heavy atom. The van der Waals surface area contributed by atoms with Crippen LogP contribution in [-0.4, -0.2) is 17.6 Å². The summed E-state index contributed by atoms with van der Waals surface area (Å²) in [6, 6.07) is 22.7. The summed E-state index contributed by atoms with van der Waals surface area (Å²) in [6.45, 7) is 2.78. The lowest BCUT2D eigenvalue weighted by Crippen LogP contribution is -2.36. The summed E-state index contributed by atoms with van der Waals surface area (Å²) in [5, 5.41) is 5.20. The molecule has 4 aromatic rings. The number of urea groups is 1. The van der Waals surface area contributed by atoms with Crippen LogP contribution in [0, 0.1) is 0 Å². The van der Waals surface area contributed by atoms with E-state index in [1.165, 1.54) is 12.8 Å². The number of nitrogens with one attached hydrogen (secondary N) is 1. The average Bonchev–Trinajstić information content (AvgIpc) is 2.87. The van der Waals surface area contributed by atoms with Crippen molar-refractivity contribution in [3.8, 4) is 11.1 Å². The lowest BCUT2D eigenvalue weighted by atomic mass is 9.98. The molecule has 0 aliphatic heterocycles. The summed E-state index contributed by atoms with van der Waals surface area (Å²) in [6.07, 6.45) is 7.28. The van der Waals surface area contributed by atoms with Gasteiger partial charge in [-0.1, -0.05) is 86.1 Å². The normalized spacial score (nSPS) is 10.9. The van der Waals surface area contributed by atoms with Crippen LogP contribution in [0.4, 0.5) is 16.2 Å². The van der Waals surface area contributed by atoms with Crippen molar-refractivity contribution in [2.75, 3.05) is 16.8 Å². The molecule has 0 saturated heterocycles. The molecule has 0 unspecified atom stereocenters. The van der Waals surface area contributed by atoms with Gasteiger partial charge in [-0.3, -0.25) is 9.88 Å². The van der Waals surface area contributed by atoms with Crippen LogP contribution in [0.2, 0.25) is 10.0 Å². The number of fused-ring (bicyclic) bond motifs is 1. The Balaban J connectivity index is 1.77. The predicted octanol–water partition coefficient (Wildman–Crippen LogP) is 9.22. The first kappa shape index (κ1) is 25.0. The Kier molecular flexibility index (Phi) is 8.62. The molecular formula is C29H29Cl2N3O. The first-order chi connectivity index (χ1) is 17.1. The van der Waals surface area contributed by atoms with Gasteiger partial charge in [0, 0.05) is 33.2 Å². The molecule has 35 heavy (non-hydrogen) atoms. The van der Waals surface area contributed by atoms with Crippen LogP contribution in [0.3, 0.4) is 0 Å². The van der Waals surface area contributed by atoms with E-state index in [0.717, 1.165) is 47.0 Å². The Morgan fingerprint density at radius 3 is 2.34 bits per heavy atom. The number of aromatic nitrogens is 1. The highest BCUT2D eigenvalue weighted by molar-refractivity contribution is 6.31. The number of hydrogen-bond acceptors (Lipinski definition) is 2. The molecule has 0 aliphatic carbocycles. The average molecular weight is 506 g/mol. The Labute approximate surface area is 216 Å². The van der Waals surface area contributed by atoms with E-state index >= 15 is 0 Å². The molecule has 0 atom stereocenters. The number of amides is 2. The van der Waals surface area contributed by atoms with Crippen LogP contribution in [0.15, 0.2) is 79.0 Å². The van der Waals surface area contributed by atoms with Crippen molar-refractivity contribution >= 4 is 51.5 Å². The minimum atomic E-state index is -0.205. The number of rotatable bonds is 9. The van der Waals surface area contributed by atoms with Crippen LogP contribution >= 0.6 is 23.2 Å². The number of hydrogen-bond donors (Lipinski definition) is 1. The number of carbonyl (C=O) groups excluding carboxylic acids is 1. The molecule has 1 aromatic heterocycles. The second kappa shape index (κ2) is 12.1. The lowest BCUT2D eigenvalue weighted by Gasteiger charge is -2.26. The number of anilines is 2. The molecule has 0 bridgehead atoms. The maximum absolute atomic E-state index is 13.6. The second-order valence-electron chi connectivity index (χ2n) is 8.55. The highest BCUT2D eigenvalue weighted by Gasteiger charge is 2.22. The number of carbonyl (C=O) groups is 1. The monoisotopic (exact) mass is 505 g/mol. The smallest absolute Gasteiger partial charge is 0.308 e.